The van der Waals surface area contributed by atoms with Crippen LogP contribution in [0.5, 0.6) is 0 Å². The Kier molecular flexibility index (Phi) is 5.05. The molecule has 23 heavy (non-hydrogen) atoms. The smallest absolute Gasteiger partial charge is 0.319 e. The number of furan rings is 1. The molecule has 0 saturated heterocycles. The zero-order chi connectivity index (χ0) is 17.0. The van der Waals surface area contributed by atoms with Gasteiger partial charge in [0.2, 0.25) is 0 Å². The van der Waals surface area contributed by atoms with E-state index in [0.717, 1.165) is 0 Å². The first kappa shape index (κ1) is 16.6. The van der Waals surface area contributed by atoms with Gasteiger partial charge in [-0.15, -0.1) is 0 Å². The van der Waals surface area contributed by atoms with Crippen molar-refractivity contribution in [2.45, 2.75) is 33.7 Å². The molecular formula is C17H21N3O3. The molecule has 2 aromatic rings. The second-order valence-corrected chi connectivity index (χ2v) is 5.61. The Balaban J connectivity index is 1.98. The summed E-state index contributed by atoms with van der Waals surface area (Å²) in [5.74, 6) is 1.06. The Hall–Kier alpha value is -2.76. The monoisotopic (exact) mass is 315 g/mol. The largest absolute Gasteiger partial charge is 0.466 e. The molecule has 0 radical (unpaired) electrons. The number of aryl methyl sites for hydroxylation is 2. The predicted octanol–water partition coefficient (Wildman–Crippen LogP) is 3.68. The lowest BCUT2D eigenvalue weighted by molar-refractivity contribution is 0.102. The first-order valence-corrected chi connectivity index (χ1v) is 7.41. The van der Waals surface area contributed by atoms with Gasteiger partial charge in [0.15, 0.2) is 0 Å². The van der Waals surface area contributed by atoms with Crippen LogP contribution in [0, 0.1) is 13.8 Å². The normalized spacial score (nSPS) is 10.5. The standard InChI is InChI=1S/C17H21N3O3/c1-10(2)18-17(22)20-14-7-5-13(6-8-14)19-16(21)15-9-11(3)23-12(15)4/h5-10H,1-4H3,(H,19,21)(H2,18,20,22). The van der Waals surface area contributed by atoms with Crippen molar-refractivity contribution in [1.29, 1.82) is 0 Å². The number of benzene rings is 1. The van der Waals surface area contributed by atoms with Crippen LogP contribution in [-0.4, -0.2) is 18.0 Å². The SMILES string of the molecule is Cc1cc(C(=O)Nc2ccc(NC(=O)NC(C)C)cc2)c(C)o1. The molecule has 1 heterocycles. The van der Waals surface area contributed by atoms with Crippen LogP contribution in [0.15, 0.2) is 34.7 Å². The molecule has 6 heteroatoms. The third-order valence-electron chi connectivity index (χ3n) is 3.11. The zero-order valence-corrected chi connectivity index (χ0v) is 13.7. The summed E-state index contributed by atoms with van der Waals surface area (Å²) in [4.78, 5) is 23.8. The molecule has 2 rings (SSSR count). The van der Waals surface area contributed by atoms with E-state index in [1.54, 1.807) is 44.2 Å². The lowest BCUT2D eigenvalue weighted by Gasteiger charge is -2.10. The molecule has 122 valence electrons. The molecule has 3 amide bonds. The van der Waals surface area contributed by atoms with E-state index in [-0.39, 0.29) is 18.0 Å². The van der Waals surface area contributed by atoms with E-state index in [2.05, 4.69) is 16.0 Å². The number of anilines is 2. The molecule has 3 N–H and O–H groups in total. The van der Waals surface area contributed by atoms with Crippen LogP contribution in [-0.2, 0) is 0 Å². The van der Waals surface area contributed by atoms with Gasteiger partial charge >= 0.3 is 6.03 Å². The molecule has 0 fully saturated rings. The zero-order valence-electron chi connectivity index (χ0n) is 13.7. The maximum Gasteiger partial charge on any atom is 0.319 e. The predicted molar refractivity (Wildman–Crippen MR) is 89.9 cm³/mol. The summed E-state index contributed by atoms with van der Waals surface area (Å²) >= 11 is 0. The first-order chi connectivity index (χ1) is 10.8. The van der Waals surface area contributed by atoms with Crippen molar-refractivity contribution in [3.05, 3.63) is 47.4 Å². The lowest BCUT2D eigenvalue weighted by atomic mass is 10.2. The van der Waals surface area contributed by atoms with Gasteiger partial charge in [-0.2, -0.15) is 0 Å². The topological polar surface area (TPSA) is 83.4 Å². The molecule has 0 unspecified atom stereocenters. The fourth-order valence-electron chi connectivity index (χ4n) is 2.12. The van der Waals surface area contributed by atoms with E-state index in [1.165, 1.54) is 0 Å². The van der Waals surface area contributed by atoms with Gasteiger partial charge in [-0.05, 0) is 58.0 Å². The maximum absolute atomic E-state index is 12.2. The number of nitrogens with one attached hydrogen (secondary N) is 3. The minimum atomic E-state index is -0.263. The van der Waals surface area contributed by atoms with Crippen LogP contribution in [0.3, 0.4) is 0 Å². The summed E-state index contributed by atoms with van der Waals surface area (Å²) in [6.45, 7) is 7.32. The Bertz CT molecular complexity index is 702. The van der Waals surface area contributed by atoms with E-state index in [4.69, 9.17) is 4.42 Å². The number of urea groups is 1. The Morgan fingerprint density at radius 2 is 1.57 bits per heavy atom. The number of rotatable bonds is 4. The Morgan fingerprint density at radius 1 is 1.00 bits per heavy atom. The van der Waals surface area contributed by atoms with Gasteiger partial charge in [-0.25, -0.2) is 4.79 Å². The molecule has 1 aromatic heterocycles. The van der Waals surface area contributed by atoms with Crippen LogP contribution >= 0.6 is 0 Å². The summed E-state index contributed by atoms with van der Waals surface area (Å²) in [6.07, 6.45) is 0. The van der Waals surface area contributed by atoms with Crippen LogP contribution in [0.4, 0.5) is 16.2 Å². The maximum atomic E-state index is 12.2. The lowest BCUT2D eigenvalue weighted by Crippen LogP contribution is -2.34. The van der Waals surface area contributed by atoms with Crippen LogP contribution in [0.25, 0.3) is 0 Å². The van der Waals surface area contributed by atoms with Gasteiger partial charge in [0.25, 0.3) is 5.91 Å². The molecule has 0 aliphatic heterocycles. The molecule has 0 aliphatic carbocycles. The Labute approximate surface area is 135 Å². The summed E-state index contributed by atoms with van der Waals surface area (Å²) in [5, 5.41) is 8.26. The molecule has 0 saturated carbocycles. The highest BCUT2D eigenvalue weighted by atomic mass is 16.3. The van der Waals surface area contributed by atoms with Crippen molar-refractivity contribution in [3.8, 4) is 0 Å². The molecule has 1 aromatic carbocycles. The number of hydrogen-bond acceptors (Lipinski definition) is 3. The van der Waals surface area contributed by atoms with E-state index in [9.17, 15) is 9.59 Å². The summed E-state index contributed by atoms with van der Waals surface area (Å²) in [6, 6.07) is 8.41. The van der Waals surface area contributed by atoms with Crippen LogP contribution < -0.4 is 16.0 Å². The third-order valence-corrected chi connectivity index (χ3v) is 3.11. The third kappa shape index (κ3) is 4.60. The molecule has 6 nitrogen and oxygen atoms in total. The van der Waals surface area contributed by atoms with Crippen LogP contribution in [0.2, 0.25) is 0 Å². The summed E-state index contributed by atoms with van der Waals surface area (Å²) in [7, 11) is 0. The van der Waals surface area contributed by atoms with Crippen molar-refractivity contribution in [2.24, 2.45) is 0 Å². The van der Waals surface area contributed by atoms with Crippen molar-refractivity contribution < 1.29 is 14.0 Å². The quantitative estimate of drug-likeness (QED) is 0.804. The molecule has 0 aliphatic rings. The number of amides is 3. The minimum Gasteiger partial charge on any atom is -0.466 e. The van der Waals surface area contributed by atoms with Crippen molar-refractivity contribution >= 4 is 23.3 Å². The van der Waals surface area contributed by atoms with Gasteiger partial charge in [0.05, 0.1) is 5.56 Å². The van der Waals surface area contributed by atoms with E-state index in [0.29, 0.717) is 28.5 Å². The van der Waals surface area contributed by atoms with Gasteiger partial charge < -0.3 is 20.4 Å². The second kappa shape index (κ2) is 7.00. The highest BCUT2D eigenvalue weighted by molar-refractivity contribution is 6.05. The number of carbonyl (C=O) groups excluding carboxylic acids is 2. The van der Waals surface area contributed by atoms with E-state index < -0.39 is 0 Å². The van der Waals surface area contributed by atoms with Crippen molar-refractivity contribution in [1.82, 2.24) is 5.32 Å². The number of hydrogen-bond donors (Lipinski definition) is 3. The molecular weight excluding hydrogens is 294 g/mol. The van der Waals surface area contributed by atoms with Gasteiger partial charge in [0, 0.05) is 17.4 Å². The van der Waals surface area contributed by atoms with Crippen LogP contribution in [0.1, 0.15) is 35.7 Å². The highest BCUT2D eigenvalue weighted by Gasteiger charge is 2.13. The number of carbonyl (C=O) groups is 2. The fraction of sp³-hybridized carbons (Fsp3) is 0.294. The first-order valence-electron chi connectivity index (χ1n) is 7.41. The summed E-state index contributed by atoms with van der Waals surface area (Å²) < 4.78 is 5.35. The van der Waals surface area contributed by atoms with Gasteiger partial charge in [-0.3, -0.25) is 4.79 Å². The van der Waals surface area contributed by atoms with E-state index >= 15 is 0 Å². The van der Waals surface area contributed by atoms with Gasteiger partial charge in [-0.1, -0.05) is 0 Å². The Morgan fingerprint density at radius 3 is 2.04 bits per heavy atom. The van der Waals surface area contributed by atoms with Crippen molar-refractivity contribution in [3.63, 3.8) is 0 Å². The van der Waals surface area contributed by atoms with Gasteiger partial charge in [0.1, 0.15) is 11.5 Å². The minimum absolute atomic E-state index is 0.0650. The van der Waals surface area contributed by atoms with Crippen molar-refractivity contribution in [2.75, 3.05) is 10.6 Å². The molecule has 0 atom stereocenters. The van der Waals surface area contributed by atoms with E-state index in [1.807, 2.05) is 13.8 Å². The molecule has 0 bridgehead atoms. The summed E-state index contributed by atoms with van der Waals surface area (Å²) in [5.41, 5.74) is 1.81. The average molecular weight is 315 g/mol. The molecule has 0 spiro atoms. The average Bonchev–Trinajstić information content (AvgIpc) is 2.79. The fourth-order valence-corrected chi connectivity index (χ4v) is 2.12. The highest BCUT2D eigenvalue weighted by Crippen LogP contribution is 2.18. The second-order valence-electron chi connectivity index (χ2n) is 5.61.